The van der Waals surface area contributed by atoms with E-state index in [0.29, 0.717) is 11.4 Å². The molecule has 3 rings (SSSR count). The summed E-state index contributed by atoms with van der Waals surface area (Å²) < 4.78 is 0. The van der Waals surface area contributed by atoms with Gasteiger partial charge in [0, 0.05) is 16.8 Å². The van der Waals surface area contributed by atoms with Crippen LogP contribution < -0.4 is 16.2 Å². The third kappa shape index (κ3) is 3.55. The minimum absolute atomic E-state index is 0.0253. The Labute approximate surface area is 141 Å². The molecular weight excluding hydrogens is 310 g/mol. The molecule has 1 fully saturated rings. The van der Waals surface area contributed by atoms with Crippen LogP contribution in [0.1, 0.15) is 29.2 Å². The molecular formula is C18H20ClN3O. The average molecular weight is 330 g/mol. The number of halogens is 1. The van der Waals surface area contributed by atoms with Crippen molar-refractivity contribution < 1.29 is 4.79 Å². The molecule has 2 aromatic carbocycles. The molecule has 1 amide bonds. The van der Waals surface area contributed by atoms with E-state index in [1.54, 1.807) is 0 Å². The first-order valence-electron chi connectivity index (χ1n) is 7.68. The van der Waals surface area contributed by atoms with Crippen LogP contribution in [-0.2, 0) is 4.79 Å². The molecule has 2 aromatic rings. The fourth-order valence-electron chi connectivity index (χ4n) is 2.75. The second-order valence-corrected chi connectivity index (χ2v) is 6.35. The van der Waals surface area contributed by atoms with Crippen LogP contribution in [0.5, 0.6) is 0 Å². The zero-order valence-electron chi connectivity index (χ0n) is 13.2. The summed E-state index contributed by atoms with van der Waals surface area (Å²) in [5.74, 6) is -0.0253. The van der Waals surface area contributed by atoms with Crippen molar-refractivity contribution in [1.29, 1.82) is 0 Å². The van der Waals surface area contributed by atoms with Crippen LogP contribution in [0.15, 0.2) is 42.5 Å². The van der Waals surface area contributed by atoms with Gasteiger partial charge in [0.1, 0.15) is 6.04 Å². The van der Waals surface area contributed by atoms with E-state index in [-0.39, 0.29) is 18.0 Å². The molecule has 5 heteroatoms. The number of carbonyl (C=O) groups is 1. The summed E-state index contributed by atoms with van der Waals surface area (Å²) in [6, 6.07) is 13.4. The zero-order valence-corrected chi connectivity index (χ0v) is 13.9. The monoisotopic (exact) mass is 329 g/mol. The van der Waals surface area contributed by atoms with Gasteiger partial charge in [-0.3, -0.25) is 4.79 Å². The zero-order chi connectivity index (χ0) is 16.4. The van der Waals surface area contributed by atoms with Crippen LogP contribution in [0.2, 0.25) is 5.02 Å². The fraction of sp³-hybridized carbons (Fsp3) is 0.278. The number of carbonyl (C=O) groups excluding carboxylic acids is 1. The number of amides is 1. The maximum atomic E-state index is 12.5. The summed E-state index contributed by atoms with van der Waals surface area (Å²) in [6.07, 6.45) is 0.693. The number of benzene rings is 2. The van der Waals surface area contributed by atoms with Crippen molar-refractivity contribution in [3.05, 3.63) is 64.2 Å². The van der Waals surface area contributed by atoms with E-state index in [9.17, 15) is 4.79 Å². The summed E-state index contributed by atoms with van der Waals surface area (Å²) in [6.45, 7) is 4.05. The van der Waals surface area contributed by atoms with Gasteiger partial charge in [-0.05, 0) is 55.2 Å². The van der Waals surface area contributed by atoms with Crippen molar-refractivity contribution in [2.75, 3.05) is 5.32 Å². The standard InChI is InChI=1S/C18H20ClN3O/c1-11-4-3-5-15(12(11)2)20-18(23)17-10-16(21-22-17)13-6-8-14(19)9-7-13/h3-9,16-17,21-22H,10H2,1-2H3,(H,20,23). The summed E-state index contributed by atoms with van der Waals surface area (Å²) in [5, 5.41) is 3.72. The Hall–Kier alpha value is -1.88. The van der Waals surface area contributed by atoms with Gasteiger partial charge in [-0.1, -0.05) is 35.9 Å². The van der Waals surface area contributed by atoms with Gasteiger partial charge < -0.3 is 5.32 Å². The molecule has 0 spiro atoms. The Kier molecular flexibility index (Phi) is 4.66. The second-order valence-electron chi connectivity index (χ2n) is 5.92. The number of hydrogen-bond acceptors (Lipinski definition) is 3. The minimum atomic E-state index is -0.268. The van der Waals surface area contributed by atoms with Crippen LogP contribution in [-0.4, -0.2) is 11.9 Å². The third-order valence-corrected chi connectivity index (χ3v) is 4.61. The average Bonchev–Trinajstić information content (AvgIpc) is 3.02. The molecule has 0 radical (unpaired) electrons. The Bertz CT molecular complexity index is 715. The number of aryl methyl sites for hydroxylation is 1. The largest absolute Gasteiger partial charge is 0.324 e. The summed E-state index contributed by atoms with van der Waals surface area (Å²) >= 11 is 5.92. The van der Waals surface area contributed by atoms with Crippen LogP contribution in [0.4, 0.5) is 5.69 Å². The minimum Gasteiger partial charge on any atom is -0.324 e. The van der Waals surface area contributed by atoms with Crippen molar-refractivity contribution in [3.63, 3.8) is 0 Å². The van der Waals surface area contributed by atoms with Crippen LogP contribution >= 0.6 is 11.6 Å². The lowest BCUT2D eigenvalue weighted by molar-refractivity contribution is -0.117. The molecule has 2 atom stereocenters. The fourth-order valence-corrected chi connectivity index (χ4v) is 2.87. The number of anilines is 1. The van der Waals surface area contributed by atoms with E-state index in [1.807, 2.05) is 56.3 Å². The van der Waals surface area contributed by atoms with E-state index in [2.05, 4.69) is 16.2 Å². The molecule has 23 heavy (non-hydrogen) atoms. The van der Waals surface area contributed by atoms with Gasteiger partial charge in [-0.15, -0.1) is 0 Å². The normalized spacial score (nSPS) is 20.5. The Morgan fingerprint density at radius 1 is 1.13 bits per heavy atom. The highest BCUT2D eigenvalue weighted by Crippen LogP contribution is 2.25. The van der Waals surface area contributed by atoms with E-state index in [4.69, 9.17) is 11.6 Å². The molecule has 1 aliphatic heterocycles. The smallest absolute Gasteiger partial charge is 0.242 e. The topological polar surface area (TPSA) is 53.2 Å². The van der Waals surface area contributed by atoms with E-state index < -0.39 is 0 Å². The molecule has 2 unspecified atom stereocenters. The molecule has 1 aliphatic rings. The molecule has 4 nitrogen and oxygen atoms in total. The Morgan fingerprint density at radius 3 is 2.61 bits per heavy atom. The van der Waals surface area contributed by atoms with Gasteiger partial charge in [-0.25, -0.2) is 10.9 Å². The molecule has 3 N–H and O–H groups in total. The summed E-state index contributed by atoms with van der Waals surface area (Å²) in [7, 11) is 0. The molecule has 120 valence electrons. The van der Waals surface area contributed by atoms with Gasteiger partial charge in [0.2, 0.25) is 5.91 Å². The predicted octanol–water partition coefficient (Wildman–Crippen LogP) is 3.50. The molecule has 1 saturated heterocycles. The second kappa shape index (κ2) is 6.71. The van der Waals surface area contributed by atoms with Crippen LogP contribution in [0.3, 0.4) is 0 Å². The highest BCUT2D eigenvalue weighted by molar-refractivity contribution is 6.30. The lowest BCUT2D eigenvalue weighted by Gasteiger charge is -2.13. The predicted molar refractivity (Wildman–Crippen MR) is 93.4 cm³/mol. The maximum Gasteiger partial charge on any atom is 0.242 e. The molecule has 0 saturated carbocycles. The van der Waals surface area contributed by atoms with Crippen LogP contribution in [0, 0.1) is 13.8 Å². The van der Waals surface area contributed by atoms with Gasteiger partial charge in [-0.2, -0.15) is 0 Å². The first-order valence-corrected chi connectivity index (χ1v) is 8.06. The number of hydrogen-bond donors (Lipinski definition) is 3. The first-order chi connectivity index (χ1) is 11.0. The van der Waals surface area contributed by atoms with Gasteiger partial charge in [0.05, 0.1) is 0 Å². The van der Waals surface area contributed by atoms with Crippen molar-refractivity contribution >= 4 is 23.2 Å². The van der Waals surface area contributed by atoms with Crippen molar-refractivity contribution in [2.45, 2.75) is 32.4 Å². The van der Waals surface area contributed by atoms with Crippen LogP contribution in [0.25, 0.3) is 0 Å². The number of nitrogens with one attached hydrogen (secondary N) is 3. The number of rotatable bonds is 3. The lowest BCUT2D eigenvalue weighted by Crippen LogP contribution is -2.39. The Morgan fingerprint density at radius 2 is 1.87 bits per heavy atom. The number of hydrazine groups is 1. The first kappa shape index (κ1) is 16.0. The van der Waals surface area contributed by atoms with Gasteiger partial charge in [0.25, 0.3) is 0 Å². The summed E-state index contributed by atoms with van der Waals surface area (Å²) in [4.78, 5) is 12.5. The SMILES string of the molecule is Cc1cccc(NC(=O)C2CC(c3ccc(Cl)cc3)NN2)c1C. The van der Waals surface area contributed by atoms with Crippen molar-refractivity contribution in [2.24, 2.45) is 0 Å². The van der Waals surface area contributed by atoms with E-state index in [1.165, 1.54) is 5.56 Å². The summed E-state index contributed by atoms with van der Waals surface area (Å²) in [5.41, 5.74) is 10.5. The lowest BCUT2D eigenvalue weighted by atomic mass is 10.0. The van der Waals surface area contributed by atoms with Gasteiger partial charge >= 0.3 is 0 Å². The molecule has 0 bridgehead atoms. The highest BCUT2D eigenvalue weighted by atomic mass is 35.5. The maximum absolute atomic E-state index is 12.5. The third-order valence-electron chi connectivity index (χ3n) is 4.35. The van der Waals surface area contributed by atoms with E-state index >= 15 is 0 Å². The molecule has 0 aliphatic carbocycles. The van der Waals surface area contributed by atoms with Crippen molar-refractivity contribution in [3.8, 4) is 0 Å². The molecule has 1 heterocycles. The van der Waals surface area contributed by atoms with Crippen molar-refractivity contribution in [1.82, 2.24) is 10.9 Å². The highest BCUT2D eigenvalue weighted by Gasteiger charge is 2.30. The van der Waals surface area contributed by atoms with E-state index in [0.717, 1.165) is 16.8 Å². The quantitative estimate of drug-likeness (QED) is 0.807. The molecule has 0 aromatic heterocycles. The van der Waals surface area contributed by atoms with Gasteiger partial charge in [0.15, 0.2) is 0 Å². The Balaban J connectivity index is 1.65.